The molecule has 1 aliphatic rings. The Balaban J connectivity index is 1.77. The summed E-state index contributed by atoms with van der Waals surface area (Å²) in [5.74, 6) is 0.00353. The van der Waals surface area contributed by atoms with Crippen molar-refractivity contribution in [3.63, 3.8) is 0 Å². The van der Waals surface area contributed by atoms with Crippen LogP contribution in [-0.4, -0.2) is 42.2 Å². The van der Waals surface area contributed by atoms with Crippen LogP contribution < -0.4 is 14.8 Å². The van der Waals surface area contributed by atoms with Crippen LogP contribution in [0.4, 0.5) is 10.5 Å². The number of ether oxygens (including phenoxy) is 2. The van der Waals surface area contributed by atoms with Gasteiger partial charge in [0, 0.05) is 10.7 Å². The second kappa shape index (κ2) is 10.4. The largest absolute Gasteiger partial charge is 0.492 e. The first-order valence-corrected chi connectivity index (χ1v) is 11.5. The lowest BCUT2D eigenvalue weighted by atomic mass is 10.2. The fourth-order valence-corrected chi connectivity index (χ4v) is 4.61. The standard InChI is InChI=1S/C22H20BrClN2O5S/c1-4-31-17-8-13(7-15(23)20(17)30-3)9-18-21(28)26(22(29)32-18)11-19(27)25-16-10-14(24)6-5-12(16)2/h5-10H,4,11H2,1-3H3,(H,25,27)/b18-9+. The van der Waals surface area contributed by atoms with Crippen LogP contribution in [-0.2, 0) is 9.59 Å². The van der Waals surface area contributed by atoms with Crippen molar-refractivity contribution in [3.8, 4) is 11.5 Å². The molecular formula is C22H20BrClN2O5S. The number of nitrogens with zero attached hydrogens (tertiary/aromatic N) is 1. The van der Waals surface area contributed by atoms with E-state index in [1.165, 1.54) is 7.11 Å². The molecule has 0 bridgehead atoms. The van der Waals surface area contributed by atoms with Crippen molar-refractivity contribution < 1.29 is 23.9 Å². The number of carbonyl (C=O) groups excluding carboxylic acids is 3. The molecule has 0 aromatic heterocycles. The Kier molecular flexibility index (Phi) is 7.86. The van der Waals surface area contributed by atoms with E-state index >= 15 is 0 Å². The van der Waals surface area contributed by atoms with Crippen LogP contribution in [0.3, 0.4) is 0 Å². The number of hydrogen-bond acceptors (Lipinski definition) is 6. The lowest BCUT2D eigenvalue weighted by Crippen LogP contribution is -2.36. The maximum atomic E-state index is 12.8. The van der Waals surface area contributed by atoms with Gasteiger partial charge in [0.05, 0.1) is 23.1 Å². The average molecular weight is 540 g/mol. The normalized spacial score (nSPS) is 14.8. The van der Waals surface area contributed by atoms with Gasteiger partial charge in [-0.2, -0.15) is 0 Å². The van der Waals surface area contributed by atoms with Gasteiger partial charge in [0.15, 0.2) is 11.5 Å². The molecule has 0 spiro atoms. The van der Waals surface area contributed by atoms with Crippen molar-refractivity contribution in [2.45, 2.75) is 13.8 Å². The number of thioether (sulfide) groups is 1. The minimum Gasteiger partial charge on any atom is -0.492 e. The molecule has 0 saturated carbocycles. The summed E-state index contributed by atoms with van der Waals surface area (Å²) >= 11 is 10.2. The minimum absolute atomic E-state index is 0.209. The van der Waals surface area contributed by atoms with Gasteiger partial charge in [-0.1, -0.05) is 17.7 Å². The molecule has 0 atom stereocenters. The van der Waals surface area contributed by atoms with Gasteiger partial charge in [0.2, 0.25) is 5.91 Å². The number of anilines is 1. The van der Waals surface area contributed by atoms with Gasteiger partial charge >= 0.3 is 0 Å². The van der Waals surface area contributed by atoms with Crippen LogP contribution >= 0.6 is 39.3 Å². The number of carbonyl (C=O) groups is 3. The molecule has 0 aliphatic carbocycles. The maximum Gasteiger partial charge on any atom is 0.294 e. The summed E-state index contributed by atoms with van der Waals surface area (Å²) in [5, 5.41) is 2.64. The number of nitrogens with one attached hydrogen (secondary N) is 1. The van der Waals surface area contributed by atoms with E-state index in [1.54, 1.807) is 36.4 Å². The highest BCUT2D eigenvalue weighted by Gasteiger charge is 2.36. The average Bonchev–Trinajstić information content (AvgIpc) is 2.98. The molecule has 7 nitrogen and oxygen atoms in total. The monoisotopic (exact) mass is 538 g/mol. The number of hydrogen-bond donors (Lipinski definition) is 1. The molecule has 1 N–H and O–H groups in total. The van der Waals surface area contributed by atoms with Crippen LogP contribution in [0.5, 0.6) is 11.5 Å². The number of rotatable bonds is 7. The van der Waals surface area contributed by atoms with Crippen molar-refractivity contribution in [2.75, 3.05) is 25.6 Å². The van der Waals surface area contributed by atoms with Gasteiger partial charge in [-0.15, -0.1) is 0 Å². The summed E-state index contributed by atoms with van der Waals surface area (Å²) < 4.78 is 11.6. The molecule has 3 amide bonds. The van der Waals surface area contributed by atoms with E-state index < -0.39 is 23.6 Å². The van der Waals surface area contributed by atoms with Gasteiger partial charge in [-0.25, -0.2) is 0 Å². The third-order valence-electron chi connectivity index (χ3n) is 4.48. The number of imide groups is 1. The Hall–Kier alpha value is -2.49. The first kappa shape index (κ1) is 24.2. The highest BCUT2D eigenvalue weighted by Crippen LogP contribution is 2.39. The lowest BCUT2D eigenvalue weighted by Gasteiger charge is -2.14. The second-order valence-electron chi connectivity index (χ2n) is 6.74. The van der Waals surface area contributed by atoms with Crippen molar-refractivity contribution in [1.29, 1.82) is 0 Å². The highest BCUT2D eigenvalue weighted by atomic mass is 79.9. The third kappa shape index (κ3) is 5.46. The Morgan fingerprint density at radius 3 is 2.72 bits per heavy atom. The lowest BCUT2D eigenvalue weighted by molar-refractivity contribution is -0.127. The molecule has 0 unspecified atom stereocenters. The van der Waals surface area contributed by atoms with Crippen LogP contribution in [0.1, 0.15) is 18.1 Å². The topological polar surface area (TPSA) is 84.9 Å². The fourth-order valence-electron chi connectivity index (χ4n) is 2.98. The van der Waals surface area contributed by atoms with Gasteiger partial charge < -0.3 is 14.8 Å². The first-order valence-electron chi connectivity index (χ1n) is 9.55. The van der Waals surface area contributed by atoms with Gasteiger partial charge in [-0.05, 0) is 83.0 Å². The van der Waals surface area contributed by atoms with E-state index in [1.807, 2.05) is 13.8 Å². The smallest absolute Gasteiger partial charge is 0.294 e. The van der Waals surface area contributed by atoms with Gasteiger partial charge in [-0.3, -0.25) is 19.3 Å². The highest BCUT2D eigenvalue weighted by molar-refractivity contribution is 9.10. The predicted molar refractivity (Wildman–Crippen MR) is 129 cm³/mol. The summed E-state index contributed by atoms with van der Waals surface area (Å²) in [6.07, 6.45) is 1.58. The molecule has 0 radical (unpaired) electrons. The summed E-state index contributed by atoms with van der Waals surface area (Å²) in [4.78, 5) is 38.8. The third-order valence-corrected chi connectivity index (χ3v) is 6.21. The van der Waals surface area contributed by atoms with E-state index in [2.05, 4.69) is 21.2 Å². The van der Waals surface area contributed by atoms with Crippen LogP contribution in [0, 0.1) is 6.92 Å². The van der Waals surface area contributed by atoms with E-state index in [4.69, 9.17) is 21.1 Å². The molecule has 1 saturated heterocycles. The van der Waals surface area contributed by atoms with Crippen molar-refractivity contribution in [2.24, 2.45) is 0 Å². The zero-order chi connectivity index (χ0) is 23.4. The molecule has 1 fully saturated rings. The van der Waals surface area contributed by atoms with Crippen molar-refractivity contribution in [1.82, 2.24) is 4.90 Å². The fraction of sp³-hybridized carbons (Fsp3) is 0.227. The predicted octanol–water partition coefficient (Wildman–Crippen LogP) is 5.49. The van der Waals surface area contributed by atoms with Gasteiger partial charge in [0.1, 0.15) is 6.54 Å². The molecule has 168 valence electrons. The van der Waals surface area contributed by atoms with Crippen LogP contribution in [0.15, 0.2) is 39.7 Å². The number of methoxy groups -OCH3 is 1. The summed E-state index contributed by atoms with van der Waals surface area (Å²) in [5.41, 5.74) is 1.98. The zero-order valence-corrected chi connectivity index (χ0v) is 20.7. The van der Waals surface area contributed by atoms with Crippen molar-refractivity contribution in [3.05, 3.63) is 55.9 Å². The summed E-state index contributed by atoms with van der Waals surface area (Å²) in [6, 6.07) is 8.56. The molecule has 2 aromatic rings. The molecule has 10 heteroatoms. The first-order chi connectivity index (χ1) is 15.2. The van der Waals surface area contributed by atoms with Crippen LogP contribution in [0.25, 0.3) is 6.08 Å². The number of halogens is 2. The Morgan fingerprint density at radius 2 is 2.03 bits per heavy atom. The molecular weight excluding hydrogens is 520 g/mol. The van der Waals surface area contributed by atoms with E-state index in [0.717, 1.165) is 22.2 Å². The van der Waals surface area contributed by atoms with Crippen LogP contribution in [0.2, 0.25) is 5.02 Å². The van der Waals surface area contributed by atoms with E-state index in [9.17, 15) is 14.4 Å². The second-order valence-corrected chi connectivity index (χ2v) is 9.03. The number of amides is 3. The number of benzene rings is 2. The molecule has 32 heavy (non-hydrogen) atoms. The van der Waals surface area contributed by atoms with E-state index in [-0.39, 0.29) is 4.91 Å². The van der Waals surface area contributed by atoms with Crippen molar-refractivity contribution >= 4 is 68.1 Å². The molecule has 1 aliphatic heterocycles. The Labute approximate surface area is 203 Å². The zero-order valence-electron chi connectivity index (χ0n) is 17.5. The molecule has 3 rings (SSSR count). The quantitative estimate of drug-likeness (QED) is 0.468. The molecule has 2 aromatic carbocycles. The summed E-state index contributed by atoms with van der Waals surface area (Å²) in [7, 11) is 1.53. The van der Waals surface area contributed by atoms with Gasteiger partial charge in [0.25, 0.3) is 11.1 Å². The SMILES string of the molecule is CCOc1cc(/C=C2/SC(=O)N(CC(=O)Nc3cc(Cl)ccc3C)C2=O)cc(Br)c1OC. The maximum absolute atomic E-state index is 12.8. The number of aryl methyl sites for hydroxylation is 1. The minimum atomic E-state index is -0.539. The summed E-state index contributed by atoms with van der Waals surface area (Å²) in [6.45, 7) is 3.70. The molecule has 1 heterocycles. The Bertz CT molecular complexity index is 1120. The Morgan fingerprint density at radius 1 is 1.28 bits per heavy atom. The van der Waals surface area contributed by atoms with E-state index in [0.29, 0.717) is 38.9 Å².